The van der Waals surface area contributed by atoms with E-state index in [0.717, 1.165) is 12.8 Å². The Morgan fingerprint density at radius 3 is 2.48 bits per heavy atom. The van der Waals surface area contributed by atoms with Gasteiger partial charge in [-0.3, -0.25) is 4.79 Å². The molecule has 1 heterocycles. The van der Waals surface area contributed by atoms with Crippen LogP contribution in [0.25, 0.3) is 0 Å². The summed E-state index contributed by atoms with van der Waals surface area (Å²) in [4.78, 5) is 27.9. The van der Waals surface area contributed by atoms with E-state index in [1.54, 1.807) is 16.8 Å². The lowest BCUT2D eigenvalue weighted by atomic mass is 9.97. The molecule has 0 aromatic rings. The predicted octanol–water partition coefficient (Wildman–Crippen LogP) is 2.08. The topological polar surface area (TPSA) is 75.9 Å². The Morgan fingerprint density at radius 2 is 1.96 bits per heavy atom. The normalized spacial score (nSPS) is 20.3. The van der Waals surface area contributed by atoms with Crippen LogP contribution in [-0.2, 0) is 9.53 Å². The van der Waals surface area contributed by atoms with Crippen LogP contribution in [0.4, 0.5) is 4.79 Å². The molecule has 0 aliphatic carbocycles. The molecule has 1 saturated heterocycles. The number of hydrogen-bond acceptors (Lipinski definition) is 4. The Bertz CT molecular complexity index is 418. The minimum atomic E-state index is -0.485. The van der Waals surface area contributed by atoms with Gasteiger partial charge in [0.25, 0.3) is 0 Å². The molecule has 1 rings (SSSR count). The second-order valence-corrected chi connectivity index (χ2v) is 7.92. The van der Waals surface area contributed by atoms with Crippen LogP contribution in [-0.4, -0.2) is 60.1 Å². The van der Waals surface area contributed by atoms with Gasteiger partial charge in [0, 0.05) is 26.7 Å². The monoisotopic (exact) mass is 327 g/mol. The van der Waals surface area contributed by atoms with Crippen molar-refractivity contribution in [3.63, 3.8) is 0 Å². The molecular formula is C17H33N3O3. The number of nitrogens with zero attached hydrogens (tertiary/aromatic N) is 2. The van der Waals surface area contributed by atoms with E-state index in [4.69, 9.17) is 10.5 Å². The third kappa shape index (κ3) is 6.37. The van der Waals surface area contributed by atoms with Gasteiger partial charge in [0.05, 0.1) is 6.04 Å². The lowest BCUT2D eigenvalue weighted by molar-refractivity contribution is -0.133. The molecule has 2 atom stereocenters. The smallest absolute Gasteiger partial charge is 0.410 e. The molecular weight excluding hydrogens is 294 g/mol. The zero-order valence-electron chi connectivity index (χ0n) is 15.5. The Balaban J connectivity index is 2.55. The SMILES string of the molecule is CC(C)[C@H](N)C(=O)N(C)C[C@@H]1CCCN(C(=O)OC(C)(C)C)C1. The maximum absolute atomic E-state index is 12.3. The minimum absolute atomic E-state index is 0.0330. The van der Waals surface area contributed by atoms with Gasteiger partial charge in [-0.25, -0.2) is 4.79 Å². The number of likely N-dealkylation sites (N-methyl/N-ethyl adjacent to an activating group) is 1. The molecule has 0 unspecified atom stereocenters. The molecule has 0 spiro atoms. The third-order valence-electron chi connectivity index (χ3n) is 4.08. The second-order valence-electron chi connectivity index (χ2n) is 7.92. The molecule has 2 amide bonds. The first-order chi connectivity index (χ1) is 10.5. The third-order valence-corrected chi connectivity index (χ3v) is 4.08. The van der Waals surface area contributed by atoms with Gasteiger partial charge >= 0.3 is 6.09 Å². The first kappa shape index (κ1) is 19.7. The van der Waals surface area contributed by atoms with Crippen LogP contribution in [0, 0.1) is 11.8 Å². The Labute approximate surface area is 140 Å². The number of ether oxygens (including phenoxy) is 1. The summed E-state index contributed by atoms with van der Waals surface area (Å²) in [6, 6.07) is -0.467. The van der Waals surface area contributed by atoms with Gasteiger partial charge in [-0.2, -0.15) is 0 Å². The highest BCUT2D eigenvalue weighted by Crippen LogP contribution is 2.20. The maximum atomic E-state index is 12.3. The van der Waals surface area contributed by atoms with E-state index in [9.17, 15) is 9.59 Å². The number of carbonyl (C=O) groups is 2. The summed E-state index contributed by atoms with van der Waals surface area (Å²) in [7, 11) is 1.79. The minimum Gasteiger partial charge on any atom is -0.444 e. The van der Waals surface area contributed by atoms with Gasteiger partial charge in [-0.15, -0.1) is 0 Å². The van der Waals surface area contributed by atoms with Crippen LogP contribution < -0.4 is 5.73 Å². The number of rotatable bonds is 4. The number of amides is 2. The quantitative estimate of drug-likeness (QED) is 0.857. The number of hydrogen-bond donors (Lipinski definition) is 1. The average Bonchev–Trinajstić information content (AvgIpc) is 2.44. The molecule has 1 fully saturated rings. The van der Waals surface area contributed by atoms with E-state index in [1.807, 2.05) is 34.6 Å². The molecule has 0 saturated carbocycles. The highest BCUT2D eigenvalue weighted by atomic mass is 16.6. The predicted molar refractivity (Wildman–Crippen MR) is 91.0 cm³/mol. The van der Waals surface area contributed by atoms with E-state index >= 15 is 0 Å². The van der Waals surface area contributed by atoms with Crippen molar-refractivity contribution in [1.82, 2.24) is 9.80 Å². The van der Waals surface area contributed by atoms with E-state index in [0.29, 0.717) is 19.6 Å². The van der Waals surface area contributed by atoms with Crippen LogP contribution in [0.2, 0.25) is 0 Å². The zero-order valence-corrected chi connectivity index (χ0v) is 15.5. The molecule has 1 aliphatic rings. The molecule has 6 nitrogen and oxygen atoms in total. The average molecular weight is 327 g/mol. The molecule has 134 valence electrons. The lowest BCUT2D eigenvalue weighted by Crippen LogP contribution is -2.49. The summed E-state index contributed by atoms with van der Waals surface area (Å²) in [5, 5.41) is 0. The van der Waals surface area contributed by atoms with Crippen LogP contribution in [0.3, 0.4) is 0 Å². The summed E-state index contributed by atoms with van der Waals surface area (Å²) in [5.74, 6) is 0.355. The van der Waals surface area contributed by atoms with E-state index in [1.165, 1.54) is 0 Å². The highest BCUT2D eigenvalue weighted by Gasteiger charge is 2.30. The maximum Gasteiger partial charge on any atom is 0.410 e. The fourth-order valence-corrected chi connectivity index (χ4v) is 2.72. The fourth-order valence-electron chi connectivity index (χ4n) is 2.72. The summed E-state index contributed by atoms with van der Waals surface area (Å²) >= 11 is 0. The molecule has 2 N–H and O–H groups in total. The summed E-state index contributed by atoms with van der Waals surface area (Å²) in [6.07, 6.45) is 1.67. The Kier molecular flexibility index (Phi) is 6.86. The lowest BCUT2D eigenvalue weighted by Gasteiger charge is -2.36. The molecule has 6 heteroatoms. The first-order valence-electron chi connectivity index (χ1n) is 8.49. The van der Waals surface area contributed by atoms with Crippen molar-refractivity contribution < 1.29 is 14.3 Å². The van der Waals surface area contributed by atoms with Crippen LogP contribution in [0.5, 0.6) is 0 Å². The van der Waals surface area contributed by atoms with Crippen molar-refractivity contribution in [2.45, 2.75) is 59.1 Å². The summed E-state index contributed by atoms with van der Waals surface area (Å²) < 4.78 is 5.43. The van der Waals surface area contributed by atoms with Crippen molar-refractivity contribution in [3.05, 3.63) is 0 Å². The molecule has 23 heavy (non-hydrogen) atoms. The van der Waals surface area contributed by atoms with Crippen LogP contribution in [0.1, 0.15) is 47.5 Å². The summed E-state index contributed by atoms with van der Waals surface area (Å²) in [6.45, 7) is 11.5. The zero-order chi connectivity index (χ0) is 17.8. The van der Waals surface area contributed by atoms with Crippen molar-refractivity contribution in [2.24, 2.45) is 17.6 Å². The van der Waals surface area contributed by atoms with Crippen molar-refractivity contribution in [3.8, 4) is 0 Å². The number of likely N-dealkylation sites (tertiary alicyclic amines) is 1. The van der Waals surface area contributed by atoms with Crippen LogP contribution >= 0.6 is 0 Å². The van der Waals surface area contributed by atoms with Crippen molar-refractivity contribution >= 4 is 12.0 Å². The van der Waals surface area contributed by atoms with E-state index in [2.05, 4.69) is 0 Å². The number of piperidine rings is 1. The van der Waals surface area contributed by atoms with Gasteiger partial charge in [-0.05, 0) is 45.4 Å². The standard InChI is InChI=1S/C17H33N3O3/c1-12(2)14(18)15(21)19(6)10-13-8-7-9-20(11-13)16(22)23-17(3,4)5/h12-14H,7-11,18H2,1-6H3/t13-,14-/m0/s1. The first-order valence-corrected chi connectivity index (χ1v) is 8.49. The largest absolute Gasteiger partial charge is 0.444 e. The van der Waals surface area contributed by atoms with Gasteiger partial charge < -0.3 is 20.3 Å². The molecule has 0 bridgehead atoms. The Hall–Kier alpha value is -1.30. The molecule has 0 aromatic carbocycles. The van der Waals surface area contributed by atoms with E-state index < -0.39 is 11.6 Å². The van der Waals surface area contributed by atoms with Gasteiger partial charge in [0.1, 0.15) is 5.60 Å². The van der Waals surface area contributed by atoms with Crippen molar-refractivity contribution in [1.29, 1.82) is 0 Å². The number of carbonyl (C=O) groups excluding carboxylic acids is 2. The van der Waals surface area contributed by atoms with E-state index in [-0.39, 0.29) is 23.8 Å². The highest BCUT2D eigenvalue weighted by molar-refractivity contribution is 5.81. The second kappa shape index (κ2) is 7.99. The Morgan fingerprint density at radius 1 is 1.35 bits per heavy atom. The summed E-state index contributed by atoms with van der Waals surface area (Å²) in [5.41, 5.74) is 5.45. The molecule has 0 radical (unpaired) electrons. The molecule has 1 aliphatic heterocycles. The van der Waals surface area contributed by atoms with Crippen LogP contribution in [0.15, 0.2) is 0 Å². The van der Waals surface area contributed by atoms with Crippen molar-refractivity contribution in [2.75, 3.05) is 26.7 Å². The fraction of sp³-hybridized carbons (Fsp3) is 0.882. The van der Waals surface area contributed by atoms with Gasteiger partial charge in [0.15, 0.2) is 0 Å². The van der Waals surface area contributed by atoms with Gasteiger partial charge in [-0.1, -0.05) is 13.8 Å². The van der Waals surface area contributed by atoms with Gasteiger partial charge in [0.2, 0.25) is 5.91 Å². The molecule has 0 aromatic heterocycles. The number of nitrogens with two attached hydrogens (primary N) is 1.